The fraction of sp³-hybridized carbons (Fsp3) is 0.235. The number of halogens is 3. The van der Waals surface area contributed by atoms with E-state index in [2.05, 4.69) is 5.10 Å². The van der Waals surface area contributed by atoms with Crippen LogP contribution in [0.4, 0.5) is 13.2 Å². The first-order valence-corrected chi connectivity index (χ1v) is 7.65. The number of benzene rings is 1. The maximum atomic E-state index is 12.7. The number of hydrogen-bond donors (Lipinski definition) is 1. The van der Waals surface area contributed by atoms with Crippen molar-refractivity contribution in [2.24, 2.45) is 5.73 Å². The van der Waals surface area contributed by atoms with Gasteiger partial charge in [-0.2, -0.15) is 23.5 Å². The molecule has 0 spiro atoms. The number of hydrogen-bond acceptors (Lipinski definition) is 3. The minimum Gasteiger partial charge on any atom is -0.389 e. The van der Waals surface area contributed by atoms with Crippen molar-refractivity contribution in [3.05, 3.63) is 57.9 Å². The summed E-state index contributed by atoms with van der Waals surface area (Å²) >= 11 is 4.83. The van der Waals surface area contributed by atoms with Crippen molar-refractivity contribution in [3.63, 3.8) is 0 Å². The Balaban J connectivity index is 2.42. The summed E-state index contributed by atoms with van der Waals surface area (Å²) in [5.74, 6) is 0. The number of nitrogens with two attached hydrogens (primary N) is 1. The molecule has 0 aliphatic rings. The van der Waals surface area contributed by atoms with Gasteiger partial charge in [0.05, 0.1) is 12.1 Å². The quantitative estimate of drug-likeness (QED) is 0.510. The van der Waals surface area contributed by atoms with Gasteiger partial charge in [-0.05, 0) is 42.7 Å². The van der Waals surface area contributed by atoms with Crippen LogP contribution in [0.2, 0.25) is 0 Å². The van der Waals surface area contributed by atoms with Crippen LogP contribution in [-0.2, 0) is 12.7 Å². The summed E-state index contributed by atoms with van der Waals surface area (Å²) in [5, 5.41) is 12.7. The molecule has 2 rings (SSSR count). The Kier molecular flexibility index (Phi) is 5.28. The molecular weight excluding hydrogens is 349 g/mol. The minimum absolute atomic E-state index is 0.00755. The Bertz CT molecular complexity index is 888. The summed E-state index contributed by atoms with van der Waals surface area (Å²) in [6, 6.07) is 6.60. The Morgan fingerprint density at radius 3 is 2.60 bits per heavy atom. The van der Waals surface area contributed by atoms with Crippen LogP contribution in [-0.4, -0.2) is 14.8 Å². The van der Waals surface area contributed by atoms with Crippen molar-refractivity contribution >= 4 is 23.3 Å². The van der Waals surface area contributed by atoms with Crippen LogP contribution in [0.3, 0.4) is 0 Å². The van der Waals surface area contributed by atoms with E-state index in [-0.39, 0.29) is 17.1 Å². The number of nitriles is 1. The second kappa shape index (κ2) is 7.07. The van der Waals surface area contributed by atoms with E-state index >= 15 is 0 Å². The van der Waals surface area contributed by atoms with E-state index in [4.69, 9.17) is 23.2 Å². The highest BCUT2D eigenvalue weighted by Gasteiger charge is 2.33. The van der Waals surface area contributed by atoms with Crippen LogP contribution in [0.1, 0.15) is 27.9 Å². The van der Waals surface area contributed by atoms with E-state index in [1.165, 1.54) is 10.9 Å². The molecule has 0 saturated heterocycles. The molecular formula is C17H15F3N4S. The maximum absolute atomic E-state index is 12.7. The minimum atomic E-state index is -4.47. The van der Waals surface area contributed by atoms with E-state index in [0.717, 1.165) is 28.3 Å². The highest BCUT2D eigenvalue weighted by atomic mass is 32.1. The van der Waals surface area contributed by atoms with Crippen LogP contribution in [0.15, 0.2) is 30.0 Å². The van der Waals surface area contributed by atoms with Gasteiger partial charge in [-0.1, -0.05) is 29.9 Å². The second-order valence-corrected chi connectivity index (χ2v) is 6.01. The Morgan fingerprint density at radius 1 is 1.40 bits per heavy atom. The summed E-state index contributed by atoms with van der Waals surface area (Å²) in [6.07, 6.45) is -1.60. The fourth-order valence-corrected chi connectivity index (χ4v) is 2.47. The van der Waals surface area contributed by atoms with Crippen molar-refractivity contribution < 1.29 is 13.2 Å². The molecule has 0 unspecified atom stereocenters. The third-order valence-corrected chi connectivity index (χ3v) is 3.87. The monoisotopic (exact) mass is 364 g/mol. The molecule has 1 aromatic carbocycles. The van der Waals surface area contributed by atoms with Crippen LogP contribution in [0.5, 0.6) is 0 Å². The van der Waals surface area contributed by atoms with Crippen molar-refractivity contribution in [2.45, 2.75) is 26.6 Å². The van der Waals surface area contributed by atoms with Gasteiger partial charge in [0.15, 0.2) is 5.69 Å². The molecule has 2 N–H and O–H groups in total. The SMILES string of the molecule is Cc1cc(/C=C(/C#N)C(N)=S)c(C)c(Cn2ccc(C(F)(F)F)n2)c1. The molecule has 0 saturated carbocycles. The molecule has 0 bridgehead atoms. The van der Waals surface area contributed by atoms with E-state index in [1.807, 2.05) is 32.0 Å². The van der Waals surface area contributed by atoms with Gasteiger partial charge in [-0.15, -0.1) is 0 Å². The summed E-state index contributed by atoms with van der Waals surface area (Å²) in [5.41, 5.74) is 8.00. The number of aryl methyl sites for hydroxylation is 1. The number of thiocarbonyl (C=S) groups is 1. The summed E-state index contributed by atoms with van der Waals surface area (Å²) in [6.45, 7) is 3.86. The molecule has 1 aromatic heterocycles. The molecule has 1 heterocycles. The zero-order valence-corrected chi connectivity index (χ0v) is 14.4. The predicted octanol–water partition coefficient (Wildman–Crippen LogP) is 3.76. The van der Waals surface area contributed by atoms with Gasteiger partial charge < -0.3 is 5.73 Å². The first-order valence-electron chi connectivity index (χ1n) is 7.24. The molecule has 25 heavy (non-hydrogen) atoms. The van der Waals surface area contributed by atoms with Crippen LogP contribution in [0, 0.1) is 25.2 Å². The first-order chi connectivity index (χ1) is 11.6. The lowest BCUT2D eigenvalue weighted by Gasteiger charge is -2.12. The summed E-state index contributed by atoms with van der Waals surface area (Å²) < 4.78 is 39.2. The van der Waals surface area contributed by atoms with Gasteiger partial charge in [0.1, 0.15) is 11.1 Å². The Hall–Kier alpha value is -2.66. The summed E-state index contributed by atoms with van der Waals surface area (Å²) in [7, 11) is 0. The first kappa shape index (κ1) is 18.7. The lowest BCUT2D eigenvalue weighted by molar-refractivity contribution is -0.141. The zero-order valence-electron chi connectivity index (χ0n) is 13.6. The van der Waals surface area contributed by atoms with Crippen LogP contribution >= 0.6 is 12.2 Å². The van der Waals surface area contributed by atoms with Crippen LogP contribution in [0.25, 0.3) is 6.08 Å². The number of rotatable bonds is 4. The molecule has 8 heteroatoms. The lowest BCUT2D eigenvalue weighted by atomic mass is 9.97. The molecule has 130 valence electrons. The van der Waals surface area contributed by atoms with Crippen LogP contribution < -0.4 is 5.73 Å². The number of aromatic nitrogens is 2. The van der Waals surface area contributed by atoms with E-state index in [9.17, 15) is 13.2 Å². The van der Waals surface area contributed by atoms with E-state index in [0.29, 0.717) is 0 Å². The predicted molar refractivity (Wildman–Crippen MR) is 92.6 cm³/mol. The van der Waals surface area contributed by atoms with Gasteiger partial charge in [0, 0.05) is 6.20 Å². The largest absolute Gasteiger partial charge is 0.435 e. The zero-order chi connectivity index (χ0) is 18.8. The third-order valence-electron chi connectivity index (χ3n) is 3.65. The molecule has 0 atom stereocenters. The standard InChI is InChI=1S/C17H15F3N4S/c1-10-5-12(7-13(8-21)16(22)25)11(2)14(6-10)9-24-4-3-15(23-24)17(18,19)20/h3-7H,9H2,1-2H3,(H2,22,25)/b13-7-. The van der Waals surface area contributed by atoms with Gasteiger partial charge >= 0.3 is 6.18 Å². The highest BCUT2D eigenvalue weighted by Crippen LogP contribution is 2.27. The Labute approximate surface area is 148 Å². The van der Waals surface area contributed by atoms with Gasteiger partial charge in [-0.3, -0.25) is 4.68 Å². The van der Waals surface area contributed by atoms with Gasteiger partial charge in [-0.25, -0.2) is 0 Å². The average molecular weight is 364 g/mol. The third kappa shape index (κ3) is 4.45. The van der Waals surface area contributed by atoms with Crippen molar-refractivity contribution in [3.8, 4) is 6.07 Å². The smallest absolute Gasteiger partial charge is 0.389 e. The Morgan fingerprint density at radius 2 is 2.08 bits per heavy atom. The number of alkyl halides is 3. The van der Waals surface area contributed by atoms with Gasteiger partial charge in [0.2, 0.25) is 0 Å². The molecule has 0 amide bonds. The van der Waals surface area contributed by atoms with Gasteiger partial charge in [0.25, 0.3) is 0 Å². The maximum Gasteiger partial charge on any atom is 0.435 e. The topological polar surface area (TPSA) is 67.6 Å². The molecule has 0 fully saturated rings. The molecule has 4 nitrogen and oxygen atoms in total. The van der Waals surface area contributed by atoms with Crippen molar-refractivity contribution in [2.75, 3.05) is 0 Å². The molecule has 2 aromatic rings. The fourth-order valence-electron chi connectivity index (χ4n) is 2.37. The van der Waals surface area contributed by atoms with E-state index < -0.39 is 11.9 Å². The molecule has 0 radical (unpaired) electrons. The van der Waals surface area contributed by atoms with Crippen molar-refractivity contribution in [1.82, 2.24) is 9.78 Å². The summed E-state index contributed by atoms with van der Waals surface area (Å²) in [4.78, 5) is -0.00755. The normalized spacial score (nSPS) is 12.1. The highest BCUT2D eigenvalue weighted by molar-refractivity contribution is 7.80. The second-order valence-electron chi connectivity index (χ2n) is 5.57. The lowest BCUT2D eigenvalue weighted by Crippen LogP contribution is -2.10. The van der Waals surface area contributed by atoms with E-state index in [1.54, 1.807) is 6.08 Å². The number of nitrogens with zero attached hydrogens (tertiary/aromatic N) is 3. The average Bonchev–Trinajstić information content (AvgIpc) is 2.97. The molecule has 0 aliphatic carbocycles. The molecule has 0 aliphatic heterocycles. The van der Waals surface area contributed by atoms with Crippen molar-refractivity contribution in [1.29, 1.82) is 5.26 Å².